The number of benzene rings is 4. The van der Waals surface area contributed by atoms with Crippen LogP contribution < -0.4 is 20.7 Å². The van der Waals surface area contributed by atoms with E-state index in [9.17, 15) is 4.79 Å². The average molecular weight is 655 g/mol. The zero-order chi connectivity index (χ0) is 33.4. The van der Waals surface area contributed by atoms with Crippen LogP contribution in [0.25, 0.3) is 10.9 Å². The van der Waals surface area contributed by atoms with Crippen molar-refractivity contribution in [3.8, 4) is 5.75 Å². The molecular formula is C43H50N4O2. The molecule has 2 aliphatic rings. The molecule has 0 bridgehead atoms. The van der Waals surface area contributed by atoms with Crippen LogP contribution in [0.3, 0.4) is 0 Å². The molecule has 1 aromatic heterocycles. The second-order valence-electron chi connectivity index (χ2n) is 13.8. The van der Waals surface area contributed by atoms with Gasteiger partial charge in [0.2, 0.25) is 0 Å². The number of amides is 1. The van der Waals surface area contributed by atoms with Gasteiger partial charge in [0, 0.05) is 46.7 Å². The molecule has 4 aromatic carbocycles. The van der Waals surface area contributed by atoms with Crippen molar-refractivity contribution >= 4 is 22.5 Å². The van der Waals surface area contributed by atoms with E-state index in [1.165, 1.54) is 31.2 Å². The molecule has 3 unspecified atom stereocenters. The summed E-state index contributed by atoms with van der Waals surface area (Å²) in [7, 11) is 0. The Morgan fingerprint density at radius 1 is 0.816 bits per heavy atom. The first kappa shape index (κ1) is 33.1. The normalized spacial score (nSPS) is 18.1. The van der Waals surface area contributed by atoms with Gasteiger partial charge >= 0.3 is 0 Å². The lowest BCUT2D eigenvalue weighted by molar-refractivity contribution is 0.101. The van der Waals surface area contributed by atoms with E-state index in [1.54, 1.807) is 0 Å². The number of aryl methyl sites for hydroxylation is 2. The molecule has 3 N–H and O–H groups in total. The van der Waals surface area contributed by atoms with E-state index in [0.717, 1.165) is 90.0 Å². The minimum Gasteiger partial charge on any atom is -0.494 e. The summed E-state index contributed by atoms with van der Waals surface area (Å²) in [5.41, 5.74) is 7.26. The summed E-state index contributed by atoms with van der Waals surface area (Å²) in [6.45, 7) is 5.83. The summed E-state index contributed by atoms with van der Waals surface area (Å²) in [6, 6.07) is 37.1. The summed E-state index contributed by atoms with van der Waals surface area (Å²) in [5.74, 6) is 0.654. The molecule has 5 aromatic rings. The summed E-state index contributed by atoms with van der Waals surface area (Å²) in [4.78, 5) is 14.7. The average Bonchev–Trinajstić information content (AvgIpc) is 3.92. The number of nitrogens with zero attached hydrogens (tertiary/aromatic N) is 1. The van der Waals surface area contributed by atoms with Gasteiger partial charge in [-0.1, -0.05) is 86.1 Å². The third-order valence-corrected chi connectivity index (χ3v) is 10.4. The first-order valence-electron chi connectivity index (χ1n) is 18.4. The Kier molecular flexibility index (Phi) is 10.7. The van der Waals surface area contributed by atoms with Crippen molar-refractivity contribution in [2.45, 2.75) is 82.8 Å². The van der Waals surface area contributed by atoms with Gasteiger partial charge in [0.1, 0.15) is 11.4 Å². The maximum atomic E-state index is 14.7. The molecule has 6 nitrogen and oxygen atoms in total. The fourth-order valence-electron chi connectivity index (χ4n) is 7.87. The fraction of sp³-hybridized carbons (Fsp3) is 0.372. The maximum Gasteiger partial charge on any atom is 0.272 e. The van der Waals surface area contributed by atoms with Crippen LogP contribution in [0.5, 0.6) is 5.75 Å². The highest BCUT2D eigenvalue weighted by molar-refractivity contribution is 6.09. The van der Waals surface area contributed by atoms with Gasteiger partial charge in [0.05, 0.1) is 6.61 Å². The van der Waals surface area contributed by atoms with E-state index in [1.807, 2.05) is 12.1 Å². The van der Waals surface area contributed by atoms with Crippen molar-refractivity contribution in [2.24, 2.45) is 0 Å². The first-order chi connectivity index (χ1) is 24.2. The molecule has 2 saturated heterocycles. The molecule has 0 saturated carbocycles. The van der Waals surface area contributed by atoms with Crippen molar-refractivity contribution in [3.05, 3.63) is 131 Å². The molecule has 2 fully saturated rings. The maximum absolute atomic E-state index is 14.7. The number of hydrogen-bond donors (Lipinski definition) is 3. The highest BCUT2D eigenvalue weighted by Gasteiger charge is 2.31. The van der Waals surface area contributed by atoms with E-state index in [4.69, 9.17) is 4.74 Å². The van der Waals surface area contributed by atoms with E-state index in [-0.39, 0.29) is 11.8 Å². The Morgan fingerprint density at radius 3 is 2.18 bits per heavy atom. The van der Waals surface area contributed by atoms with E-state index < -0.39 is 0 Å². The summed E-state index contributed by atoms with van der Waals surface area (Å²) in [6.07, 6.45) is 8.98. The predicted molar refractivity (Wildman–Crippen MR) is 201 cm³/mol. The number of carbonyl (C=O) groups excluding carboxylic acids is 1. The fourth-order valence-corrected chi connectivity index (χ4v) is 7.87. The Bertz CT molecular complexity index is 1800. The lowest BCUT2D eigenvalue weighted by atomic mass is 9.83. The van der Waals surface area contributed by atoms with Gasteiger partial charge in [0.15, 0.2) is 0 Å². The molecule has 254 valence electrons. The van der Waals surface area contributed by atoms with Crippen molar-refractivity contribution in [1.29, 1.82) is 0 Å². The van der Waals surface area contributed by atoms with Gasteiger partial charge in [-0.25, -0.2) is 0 Å². The molecule has 0 aliphatic carbocycles. The molecule has 7 rings (SSSR count). The zero-order valence-electron chi connectivity index (χ0n) is 28.8. The standard InChI is InChI=1S/C43H50N4O2/c1-2-10-31-17-21-36(22-18-31)46-43(48)42-41(38-15-6-7-16-39(38)47(42)29-25-34-13-8-27-44-34)40(32-11-4-3-5-12-32)33-19-23-37(24-20-33)49-30-26-35-14-9-28-45-35/h3-7,11-12,15-24,34-35,40,44-45H,2,8-10,13-14,25-30H2,1H3,(H,46,48). The third-order valence-electron chi connectivity index (χ3n) is 10.4. The van der Waals surface area contributed by atoms with Crippen molar-refractivity contribution in [3.63, 3.8) is 0 Å². The van der Waals surface area contributed by atoms with Crippen LogP contribution in [0.1, 0.15) is 90.5 Å². The van der Waals surface area contributed by atoms with Gasteiger partial charge in [-0.15, -0.1) is 0 Å². The zero-order valence-corrected chi connectivity index (χ0v) is 28.8. The SMILES string of the molecule is CCCc1ccc(NC(=O)c2c(C(c3ccccc3)c3ccc(OCCC4CCCN4)cc3)c3ccccc3n2CCC2CCCN2)cc1. The van der Waals surface area contributed by atoms with Crippen LogP contribution >= 0.6 is 0 Å². The minimum atomic E-state index is -0.152. The van der Waals surface area contributed by atoms with Gasteiger partial charge in [-0.05, 0) is 105 Å². The van der Waals surface area contributed by atoms with Crippen LogP contribution in [0, 0.1) is 0 Å². The van der Waals surface area contributed by atoms with Crippen LogP contribution in [0.4, 0.5) is 5.69 Å². The highest BCUT2D eigenvalue weighted by atomic mass is 16.5. The predicted octanol–water partition coefficient (Wildman–Crippen LogP) is 8.69. The number of nitrogens with one attached hydrogen (secondary N) is 3. The lowest BCUT2D eigenvalue weighted by Crippen LogP contribution is -2.25. The Morgan fingerprint density at radius 2 is 1.49 bits per heavy atom. The Labute approximate surface area is 291 Å². The van der Waals surface area contributed by atoms with Gasteiger partial charge in [-0.2, -0.15) is 0 Å². The van der Waals surface area contributed by atoms with Gasteiger partial charge < -0.3 is 25.3 Å². The summed E-state index contributed by atoms with van der Waals surface area (Å²) >= 11 is 0. The number of carbonyl (C=O) groups is 1. The number of hydrogen-bond acceptors (Lipinski definition) is 4. The third kappa shape index (κ3) is 7.76. The number of ether oxygens (including phenoxy) is 1. The molecule has 1 amide bonds. The highest BCUT2D eigenvalue weighted by Crippen LogP contribution is 2.41. The topological polar surface area (TPSA) is 67.3 Å². The number of para-hydroxylation sites is 1. The lowest BCUT2D eigenvalue weighted by Gasteiger charge is -2.22. The number of anilines is 1. The summed E-state index contributed by atoms with van der Waals surface area (Å²) in [5, 5.41) is 11.7. The quantitative estimate of drug-likeness (QED) is 0.112. The van der Waals surface area contributed by atoms with Crippen molar-refractivity contribution in [1.82, 2.24) is 15.2 Å². The largest absolute Gasteiger partial charge is 0.494 e. The number of aromatic nitrogens is 1. The monoisotopic (exact) mass is 654 g/mol. The first-order valence-corrected chi connectivity index (χ1v) is 18.4. The second-order valence-corrected chi connectivity index (χ2v) is 13.8. The number of rotatable bonds is 14. The molecule has 2 aliphatic heterocycles. The second kappa shape index (κ2) is 15.9. The number of fused-ring (bicyclic) bond motifs is 1. The molecule has 49 heavy (non-hydrogen) atoms. The molecular weight excluding hydrogens is 604 g/mol. The van der Waals surface area contributed by atoms with Gasteiger partial charge in [-0.3, -0.25) is 4.79 Å². The van der Waals surface area contributed by atoms with Crippen LogP contribution in [-0.4, -0.2) is 42.3 Å². The molecule has 0 spiro atoms. The molecule has 6 heteroatoms. The summed E-state index contributed by atoms with van der Waals surface area (Å²) < 4.78 is 8.49. The van der Waals surface area contributed by atoms with E-state index >= 15 is 0 Å². The van der Waals surface area contributed by atoms with Gasteiger partial charge in [0.25, 0.3) is 5.91 Å². The molecule has 3 heterocycles. The van der Waals surface area contributed by atoms with Crippen LogP contribution in [0.15, 0.2) is 103 Å². The van der Waals surface area contributed by atoms with E-state index in [0.29, 0.717) is 18.7 Å². The van der Waals surface area contributed by atoms with E-state index in [2.05, 4.69) is 118 Å². The smallest absolute Gasteiger partial charge is 0.272 e. The molecule has 0 radical (unpaired) electrons. The van der Waals surface area contributed by atoms with Crippen molar-refractivity contribution in [2.75, 3.05) is 25.0 Å². The van der Waals surface area contributed by atoms with Crippen molar-refractivity contribution < 1.29 is 9.53 Å². The molecule has 3 atom stereocenters. The Balaban J connectivity index is 1.29. The van der Waals surface area contributed by atoms with Crippen LogP contribution in [-0.2, 0) is 13.0 Å². The Hall–Kier alpha value is -4.39. The minimum absolute atomic E-state index is 0.0739. The van der Waals surface area contributed by atoms with Crippen LogP contribution in [0.2, 0.25) is 0 Å².